The van der Waals surface area contributed by atoms with Crippen LogP contribution in [-0.2, 0) is 0 Å². The van der Waals surface area contributed by atoms with Crippen LogP contribution in [0.2, 0.25) is 0 Å². The third kappa shape index (κ3) is 3.59. The molecule has 8 aromatic carbocycles. The van der Waals surface area contributed by atoms with Crippen molar-refractivity contribution in [3.8, 4) is 34.0 Å². The van der Waals surface area contributed by atoms with Crippen molar-refractivity contribution in [2.45, 2.75) is 0 Å². The number of fused-ring (bicyclic) bond motifs is 3. The lowest BCUT2D eigenvalue weighted by atomic mass is 9.89. The van der Waals surface area contributed by atoms with E-state index in [9.17, 15) is 5.26 Å². The van der Waals surface area contributed by atoms with Gasteiger partial charge in [-0.1, -0.05) is 84.9 Å². The van der Waals surface area contributed by atoms with Crippen LogP contribution >= 0.6 is 0 Å². The van der Waals surface area contributed by atoms with Gasteiger partial charge in [-0.15, -0.1) is 0 Å². The summed E-state index contributed by atoms with van der Waals surface area (Å²) >= 11 is 0. The summed E-state index contributed by atoms with van der Waals surface area (Å²) in [5.41, 5.74) is 8.86. The first kappa shape index (κ1) is 23.8. The Morgan fingerprint density at radius 1 is 0.419 bits per heavy atom. The smallest absolute Gasteiger partial charge is 0.0991 e. The van der Waals surface area contributed by atoms with Crippen LogP contribution in [0.25, 0.3) is 82.1 Å². The Kier molecular flexibility index (Phi) is 5.00. The summed E-state index contributed by atoms with van der Waals surface area (Å²) in [6, 6.07) is 54.5. The van der Waals surface area contributed by atoms with Crippen molar-refractivity contribution in [2.75, 3.05) is 0 Å². The Bertz CT molecular complexity index is 2480. The largest absolute Gasteiger partial charge is 0.309 e. The lowest BCUT2D eigenvalue weighted by Gasteiger charge is -2.15. The highest BCUT2D eigenvalue weighted by Crippen LogP contribution is 2.41. The van der Waals surface area contributed by atoms with Crippen molar-refractivity contribution >= 4 is 54.1 Å². The van der Waals surface area contributed by atoms with Crippen LogP contribution in [-0.4, -0.2) is 4.57 Å². The molecule has 0 bridgehead atoms. The molecule has 0 spiro atoms. The van der Waals surface area contributed by atoms with Crippen LogP contribution in [0, 0.1) is 11.3 Å². The molecule has 2 heteroatoms. The summed E-state index contributed by atoms with van der Waals surface area (Å²) in [5.74, 6) is 0. The van der Waals surface area contributed by atoms with Gasteiger partial charge in [-0.05, 0) is 115 Å². The fraction of sp³-hybridized carbons (Fsp3) is 0. The maximum absolute atomic E-state index is 9.60. The van der Waals surface area contributed by atoms with E-state index < -0.39 is 0 Å². The van der Waals surface area contributed by atoms with E-state index in [0.29, 0.717) is 5.56 Å². The van der Waals surface area contributed by atoms with Crippen LogP contribution in [0.15, 0.2) is 146 Å². The number of rotatable bonds is 3. The summed E-state index contributed by atoms with van der Waals surface area (Å²) < 4.78 is 2.31. The highest BCUT2D eigenvalue weighted by molar-refractivity contribution is 6.24. The van der Waals surface area contributed by atoms with Crippen molar-refractivity contribution < 1.29 is 0 Å². The molecule has 0 N–H and O–H groups in total. The van der Waals surface area contributed by atoms with Gasteiger partial charge in [-0.2, -0.15) is 5.26 Å². The van der Waals surface area contributed by atoms with Gasteiger partial charge in [0, 0.05) is 16.5 Å². The quantitative estimate of drug-likeness (QED) is 0.203. The van der Waals surface area contributed by atoms with Gasteiger partial charge in [0.2, 0.25) is 0 Å². The average molecular weight is 545 g/mol. The number of nitrogens with zero attached hydrogens (tertiary/aromatic N) is 2. The molecule has 0 aliphatic rings. The zero-order valence-corrected chi connectivity index (χ0v) is 23.3. The Morgan fingerprint density at radius 2 is 1.00 bits per heavy atom. The predicted octanol–water partition coefficient (Wildman–Crippen LogP) is 10.9. The monoisotopic (exact) mass is 544 g/mol. The second-order valence-corrected chi connectivity index (χ2v) is 11.3. The van der Waals surface area contributed by atoms with Crippen LogP contribution in [0.3, 0.4) is 0 Å². The Labute approximate surface area is 248 Å². The van der Waals surface area contributed by atoms with Gasteiger partial charge >= 0.3 is 0 Å². The van der Waals surface area contributed by atoms with Gasteiger partial charge in [0.15, 0.2) is 0 Å². The minimum Gasteiger partial charge on any atom is -0.309 e. The molecule has 0 aliphatic carbocycles. The van der Waals surface area contributed by atoms with Crippen molar-refractivity contribution in [3.63, 3.8) is 0 Å². The molecule has 0 aliphatic heterocycles. The lowest BCUT2D eigenvalue weighted by molar-refractivity contribution is 1.18. The zero-order valence-electron chi connectivity index (χ0n) is 23.3. The highest BCUT2D eigenvalue weighted by atomic mass is 15.0. The van der Waals surface area contributed by atoms with E-state index in [1.54, 1.807) is 0 Å². The van der Waals surface area contributed by atoms with E-state index in [0.717, 1.165) is 27.5 Å². The van der Waals surface area contributed by atoms with E-state index >= 15 is 0 Å². The first-order valence-corrected chi connectivity index (χ1v) is 14.6. The maximum atomic E-state index is 9.60. The molecule has 0 fully saturated rings. The molecule has 9 aromatic rings. The molecule has 0 amide bonds. The van der Waals surface area contributed by atoms with Gasteiger partial charge in [0.25, 0.3) is 0 Å². The van der Waals surface area contributed by atoms with Crippen molar-refractivity contribution in [1.29, 1.82) is 5.26 Å². The molecule has 0 saturated heterocycles. The molecule has 0 unspecified atom stereocenters. The van der Waals surface area contributed by atoms with E-state index in [2.05, 4.69) is 138 Å². The predicted molar refractivity (Wildman–Crippen MR) is 180 cm³/mol. The third-order valence-electron chi connectivity index (χ3n) is 8.88. The SMILES string of the molecule is N#Cc1ccc2c(c1)c1ccc(-c3cc4ccc5cc(-c6ccccc6)cc6ccc(c3)c4c56)cc1n2-c1ccccc1. The molecule has 0 saturated carbocycles. The van der Waals surface area contributed by atoms with Gasteiger partial charge in [0.1, 0.15) is 0 Å². The average Bonchev–Trinajstić information content (AvgIpc) is 3.40. The fourth-order valence-corrected chi connectivity index (χ4v) is 6.93. The number of aromatic nitrogens is 1. The summed E-state index contributed by atoms with van der Waals surface area (Å²) in [6.07, 6.45) is 0. The normalized spacial score (nSPS) is 11.7. The Hall–Kier alpha value is -5.91. The van der Waals surface area contributed by atoms with E-state index in [-0.39, 0.29) is 0 Å². The van der Waals surface area contributed by atoms with Gasteiger partial charge in [-0.3, -0.25) is 0 Å². The van der Waals surface area contributed by atoms with Crippen LogP contribution in [0.1, 0.15) is 5.56 Å². The molecule has 0 atom stereocenters. The van der Waals surface area contributed by atoms with Gasteiger partial charge in [0.05, 0.1) is 22.7 Å². The summed E-state index contributed by atoms with van der Waals surface area (Å²) in [4.78, 5) is 0. The van der Waals surface area contributed by atoms with E-state index in [1.807, 2.05) is 18.2 Å². The highest BCUT2D eigenvalue weighted by Gasteiger charge is 2.16. The minimum atomic E-state index is 0.673. The lowest BCUT2D eigenvalue weighted by Crippen LogP contribution is -1.93. The fourth-order valence-electron chi connectivity index (χ4n) is 6.93. The number of benzene rings is 8. The van der Waals surface area contributed by atoms with Crippen LogP contribution < -0.4 is 0 Å². The second kappa shape index (κ2) is 9.05. The first-order valence-electron chi connectivity index (χ1n) is 14.6. The molecule has 198 valence electrons. The molecule has 43 heavy (non-hydrogen) atoms. The topological polar surface area (TPSA) is 28.7 Å². The number of hydrogen-bond acceptors (Lipinski definition) is 1. The van der Waals surface area contributed by atoms with Crippen molar-refractivity contribution in [2.24, 2.45) is 0 Å². The van der Waals surface area contributed by atoms with Gasteiger partial charge in [-0.25, -0.2) is 0 Å². The van der Waals surface area contributed by atoms with Gasteiger partial charge < -0.3 is 4.57 Å². The first-order chi connectivity index (χ1) is 21.2. The minimum absolute atomic E-state index is 0.673. The van der Waals surface area contributed by atoms with E-state index in [1.165, 1.54) is 54.6 Å². The molecule has 0 radical (unpaired) electrons. The number of para-hydroxylation sites is 1. The van der Waals surface area contributed by atoms with Crippen LogP contribution in [0.4, 0.5) is 0 Å². The molecular weight excluding hydrogens is 520 g/mol. The Balaban J connectivity index is 1.26. The summed E-state index contributed by atoms with van der Waals surface area (Å²) in [7, 11) is 0. The summed E-state index contributed by atoms with van der Waals surface area (Å²) in [6.45, 7) is 0. The zero-order chi connectivity index (χ0) is 28.5. The molecule has 1 aromatic heterocycles. The third-order valence-corrected chi connectivity index (χ3v) is 8.88. The number of hydrogen-bond donors (Lipinski definition) is 0. The second-order valence-electron chi connectivity index (χ2n) is 11.3. The molecular formula is C41H24N2. The van der Waals surface area contributed by atoms with Crippen molar-refractivity contribution in [1.82, 2.24) is 4.57 Å². The standard InChI is InChI=1S/C41H24N2/c42-25-26-11-18-38-37(19-26)36-17-16-28(24-39(36)43(38)35-9-5-2-6-10-35)34-22-31-14-12-29-20-33(27-7-3-1-4-8-27)21-30-13-15-32(23-34)41(31)40(29)30/h1-24H. The molecule has 9 rings (SSSR count). The molecule has 2 nitrogen and oxygen atoms in total. The summed E-state index contributed by atoms with van der Waals surface area (Å²) in [5, 5.41) is 19.5. The Morgan fingerprint density at radius 3 is 1.60 bits per heavy atom. The maximum Gasteiger partial charge on any atom is 0.0991 e. The van der Waals surface area contributed by atoms with Crippen LogP contribution in [0.5, 0.6) is 0 Å². The van der Waals surface area contributed by atoms with Crippen molar-refractivity contribution in [3.05, 3.63) is 151 Å². The number of nitriles is 1. The van der Waals surface area contributed by atoms with E-state index in [4.69, 9.17) is 0 Å². The molecule has 1 heterocycles.